The molecule has 1 aliphatic rings. The molecule has 0 aromatic carbocycles. The Hall–Kier alpha value is -0.640. The quantitative estimate of drug-likeness (QED) is 0.718. The molecule has 0 aromatic rings. The van der Waals surface area contributed by atoms with Gasteiger partial charge in [0, 0.05) is 6.42 Å². The summed E-state index contributed by atoms with van der Waals surface area (Å²) in [7, 11) is 0. The van der Waals surface area contributed by atoms with E-state index < -0.39 is 0 Å². The van der Waals surface area contributed by atoms with Crippen molar-refractivity contribution in [3.05, 3.63) is 0 Å². The molecule has 0 aliphatic heterocycles. The second-order valence-electron chi connectivity index (χ2n) is 4.95. The van der Waals surface area contributed by atoms with Crippen LogP contribution in [0.5, 0.6) is 0 Å². The summed E-state index contributed by atoms with van der Waals surface area (Å²) >= 11 is 5.09. The zero-order valence-corrected chi connectivity index (χ0v) is 11.5. The number of thiocarbonyl (C=S) groups is 1. The molecular formula is C13H24N2OS. The van der Waals surface area contributed by atoms with E-state index in [9.17, 15) is 4.79 Å². The van der Waals surface area contributed by atoms with E-state index in [0.29, 0.717) is 17.3 Å². The fourth-order valence-corrected chi connectivity index (χ4v) is 2.72. The van der Waals surface area contributed by atoms with Gasteiger partial charge in [0.15, 0.2) is 0 Å². The molecule has 0 spiro atoms. The van der Waals surface area contributed by atoms with Gasteiger partial charge < -0.3 is 11.1 Å². The van der Waals surface area contributed by atoms with Crippen molar-refractivity contribution in [1.82, 2.24) is 5.32 Å². The lowest BCUT2D eigenvalue weighted by Crippen LogP contribution is -2.48. The van der Waals surface area contributed by atoms with E-state index in [1.54, 1.807) is 0 Å². The van der Waals surface area contributed by atoms with Crippen LogP contribution in [0, 0.1) is 5.92 Å². The van der Waals surface area contributed by atoms with Crippen LogP contribution in [0.25, 0.3) is 0 Å². The summed E-state index contributed by atoms with van der Waals surface area (Å²) in [6, 6.07) is -0.0883. The number of rotatable bonds is 6. The highest BCUT2D eigenvalue weighted by Gasteiger charge is 2.26. The minimum absolute atomic E-state index is 0.0883. The molecule has 0 bridgehead atoms. The minimum Gasteiger partial charge on any atom is -0.392 e. The van der Waals surface area contributed by atoms with Gasteiger partial charge in [0.05, 0.1) is 11.0 Å². The van der Waals surface area contributed by atoms with Crippen LogP contribution >= 0.6 is 12.2 Å². The molecule has 3 N–H and O–H groups in total. The van der Waals surface area contributed by atoms with Crippen LogP contribution < -0.4 is 11.1 Å². The van der Waals surface area contributed by atoms with Crippen molar-refractivity contribution >= 4 is 23.1 Å². The molecule has 4 heteroatoms. The molecule has 17 heavy (non-hydrogen) atoms. The zero-order valence-electron chi connectivity index (χ0n) is 10.7. The number of hydrogen-bond donors (Lipinski definition) is 2. The van der Waals surface area contributed by atoms with Crippen LogP contribution in [0.2, 0.25) is 0 Å². The second-order valence-corrected chi connectivity index (χ2v) is 5.42. The van der Waals surface area contributed by atoms with Gasteiger partial charge in [-0.15, -0.1) is 0 Å². The Morgan fingerprint density at radius 3 is 2.59 bits per heavy atom. The number of carbonyl (C=O) groups is 1. The Labute approximate surface area is 110 Å². The van der Waals surface area contributed by atoms with Gasteiger partial charge in [-0.1, -0.05) is 44.8 Å². The topological polar surface area (TPSA) is 55.1 Å². The molecule has 1 fully saturated rings. The number of nitrogens with two attached hydrogens (primary N) is 1. The normalized spacial score (nSPS) is 18.6. The number of hydrogen-bond acceptors (Lipinski definition) is 2. The molecule has 0 saturated heterocycles. The highest BCUT2D eigenvalue weighted by atomic mass is 32.1. The van der Waals surface area contributed by atoms with Gasteiger partial charge in [0.1, 0.15) is 0 Å². The molecule has 0 radical (unpaired) electrons. The first-order valence-corrected chi connectivity index (χ1v) is 7.14. The summed E-state index contributed by atoms with van der Waals surface area (Å²) in [5.74, 6) is 0.544. The molecule has 1 atom stereocenters. The van der Waals surface area contributed by atoms with Crippen molar-refractivity contribution in [2.24, 2.45) is 11.7 Å². The van der Waals surface area contributed by atoms with Gasteiger partial charge in [0.25, 0.3) is 0 Å². The lowest BCUT2D eigenvalue weighted by molar-refractivity contribution is -0.121. The van der Waals surface area contributed by atoms with Gasteiger partial charge in [-0.2, -0.15) is 0 Å². The van der Waals surface area contributed by atoms with E-state index in [-0.39, 0.29) is 11.9 Å². The number of nitrogens with one attached hydrogen (secondary N) is 1. The third-order valence-electron chi connectivity index (χ3n) is 3.50. The molecule has 98 valence electrons. The van der Waals surface area contributed by atoms with Crippen LogP contribution in [0.3, 0.4) is 0 Å². The zero-order chi connectivity index (χ0) is 12.7. The number of carbonyl (C=O) groups excluding carboxylic acids is 1. The minimum atomic E-state index is -0.0883. The van der Waals surface area contributed by atoms with Crippen LogP contribution in [0.15, 0.2) is 0 Å². The summed E-state index contributed by atoms with van der Waals surface area (Å²) in [5, 5.41) is 3.02. The predicted molar refractivity (Wildman–Crippen MR) is 74.8 cm³/mol. The van der Waals surface area contributed by atoms with Crippen molar-refractivity contribution < 1.29 is 4.79 Å². The van der Waals surface area contributed by atoms with E-state index in [1.807, 2.05) is 0 Å². The molecule has 1 unspecified atom stereocenters. The van der Waals surface area contributed by atoms with E-state index in [1.165, 1.54) is 19.3 Å². The van der Waals surface area contributed by atoms with Crippen LogP contribution in [0.4, 0.5) is 0 Å². The highest BCUT2D eigenvalue weighted by Crippen LogP contribution is 2.26. The fraction of sp³-hybridized carbons (Fsp3) is 0.846. The van der Waals surface area contributed by atoms with Crippen molar-refractivity contribution in [1.29, 1.82) is 0 Å². The second kappa shape index (κ2) is 7.64. The van der Waals surface area contributed by atoms with Crippen molar-refractivity contribution in [2.45, 2.75) is 64.3 Å². The average Bonchev–Trinajstić information content (AvgIpc) is 2.34. The van der Waals surface area contributed by atoms with Crippen molar-refractivity contribution in [3.8, 4) is 0 Å². The van der Waals surface area contributed by atoms with E-state index in [2.05, 4.69) is 12.2 Å². The predicted octanol–water partition coefficient (Wildman–Crippen LogP) is 2.53. The number of amides is 1. The monoisotopic (exact) mass is 256 g/mol. The number of unbranched alkanes of at least 4 members (excludes halogenated alkanes) is 1. The molecule has 1 rings (SSSR count). The molecule has 0 heterocycles. The molecule has 1 amide bonds. The van der Waals surface area contributed by atoms with Crippen molar-refractivity contribution in [2.75, 3.05) is 0 Å². The first-order chi connectivity index (χ1) is 8.15. The van der Waals surface area contributed by atoms with Gasteiger partial charge in [-0.3, -0.25) is 4.79 Å². The van der Waals surface area contributed by atoms with E-state index in [4.69, 9.17) is 18.0 Å². The maximum atomic E-state index is 11.7. The lowest BCUT2D eigenvalue weighted by Gasteiger charge is -2.30. The Morgan fingerprint density at radius 1 is 1.41 bits per heavy atom. The van der Waals surface area contributed by atoms with Gasteiger partial charge in [-0.05, 0) is 25.2 Å². The Balaban J connectivity index is 2.47. The SMILES string of the molecule is CCCCC(=O)NC(C(N)=S)C1CCCCC1. The van der Waals surface area contributed by atoms with Gasteiger partial charge >= 0.3 is 0 Å². The first kappa shape index (κ1) is 14.4. The van der Waals surface area contributed by atoms with Crippen LogP contribution in [-0.2, 0) is 4.79 Å². The summed E-state index contributed by atoms with van der Waals surface area (Å²) in [6.45, 7) is 2.08. The molecule has 0 aromatic heterocycles. The maximum absolute atomic E-state index is 11.7. The maximum Gasteiger partial charge on any atom is 0.220 e. The largest absolute Gasteiger partial charge is 0.392 e. The lowest BCUT2D eigenvalue weighted by atomic mass is 9.83. The average molecular weight is 256 g/mol. The molecular weight excluding hydrogens is 232 g/mol. The summed E-state index contributed by atoms with van der Waals surface area (Å²) < 4.78 is 0. The Kier molecular flexibility index (Phi) is 6.48. The third kappa shape index (κ3) is 5.02. The Morgan fingerprint density at radius 2 is 2.06 bits per heavy atom. The standard InChI is InChI=1S/C13H24N2OS/c1-2-3-9-11(16)15-12(13(14)17)10-7-5-4-6-8-10/h10,12H,2-9H2,1H3,(H2,14,17)(H,15,16). The van der Waals surface area contributed by atoms with Crippen molar-refractivity contribution in [3.63, 3.8) is 0 Å². The third-order valence-corrected chi connectivity index (χ3v) is 3.76. The van der Waals surface area contributed by atoms with E-state index >= 15 is 0 Å². The fourth-order valence-electron chi connectivity index (χ4n) is 2.47. The highest BCUT2D eigenvalue weighted by molar-refractivity contribution is 7.80. The van der Waals surface area contributed by atoms with Crippen LogP contribution in [-0.4, -0.2) is 16.9 Å². The summed E-state index contributed by atoms with van der Waals surface area (Å²) in [4.78, 5) is 12.2. The summed E-state index contributed by atoms with van der Waals surface area (Å²) in [6.07, 6.45) is 8.58. The van der Waals surface area contributed by atoms with Gasteiger partial charge in [-0.25, -0.2) is 0 Å². The van der Waals surface area contributed by atoms with E-state index in [0.717, 1.165) is 25.7 Å². The molecule has 3 nitrogen and oxygen atoms in total. The molecule has 1 aliphatic carbocycles. The molecule has 1 saturated carbocycles. The van der Waals surface area contributed by atoms with Gasteiger partial charge in [0.2, 0.25) is 5.91 Å². The Bertz CT molecular complexity index is 262. The van der Waals surface area contributed by atoms with Crippen LogP contribution in [0.1, 0.15) is 58.3 Å². The summed E-state index contributed by atoms with van der Waals surface area (Å²) in [5.41, 5.74) is 5.76. The first-order valence-electron chi connectivity index (χ1n) is 6.73. The smallest absolute Gasteiger partial charge is 0.220 e.